The van der Waals surface area contributed by atoms with Gasteiger partial charge in [-0.3, -0.25) is 15.0 Å². The standard InChI is InChI=1S/C17H22ClF2N3O2/c18-13-4-2-1-3-12(13)15(23-5-7-25-8-6-23)10-21-16(24)14-9-17(19,20)11-22-14/h1-4,14-15,22H,5-11H2,(H,21,24). The number of alkyl halides is 2. The summed E-state index contributed by atoms with van der Waals surface area (Å²) in [5, 5.41) is 6.01. The van der Waals surface area contributed by atoms with E-state index in [1.165, 1.54) is 0 Å². The van der Waals surface area contributed by atoms with Gasteiger partial charge in [0.15, 0.2) is 0 Å². The van der Waals surface area contributed by atoms with Gasteiger partial charge >= 0.3 is 0 Å². The summed E-state index contributed by atoms with van der Waals surface area (Å²) < 4.78 is 32.0. The predicted molar refractivity (Wildman–Crippen MR) is 90.9 cm³/mol. The van der Waals surface area contributed by atoms with Crippen molar-refractivity contribution in [3.8, 4) is 0 Å². The van der Waals surface area contributed by atoms with Crippen molar-refractivity contribution in [2.24, 2.45) is 0 Å². The summed E-state index contributed by atoms with van der Waals surface area (Å²) in [6.45, 7) is 2.54. The molecule has 1 aromatic rings. The summed E-state index contributed by atoms with van der Waals surface area (Å²) in [7, 11) is 0. The second-order valence-corrected chi connectivity index (χ2v) is 6.83. The lowest BCUT2D eigenvalue weighted by Crippen LogP contribution is -2.47. The fourth-order valence-electron chi connectivity index (χ4n) is 3.29. The van der Waals surface area contributed by atoms with Crippen LogP contribution < -0.4 is 10.6 Å². The lowest BCUT2D eigenvalue weighted by molar-refractivity contribution is -0.123. The molecule has 2 aliphatic heterocycles. The number of amides is 1. The molecule has 0 aliphatic carbocycles. The number of halogens is 3. The van der Waals surface area contributed by atoms with Crippen molar-refractivity contribution in [1.29, 1.82) is 0 Å². The molecule has 8 heteroatoms. The summed E-state index contributed by atoms with van der Waals surface area (Å²) in [6.07, 6.45) is -0.465. The van der Waals surface area contributed by atoms with E-state index in [9.17, 15) is 13.6 Å². The van der Waals surface area contributed by atoms with Crippen LogP contribution in [0.5, 0.6) is 0 Å². The normalized spacial score (nSPS) is 24.8. The quantitative estimate of drug-likeness (QED) is 0.826. The Hall–Kier alpha value is -1.28. The summed E-state index contributed by atoms with van der Waals surface area (Å²) in [5.74, 6) is -3.23. The van der Waals surface area contributed by atoms with Gasteiger partial charge in [-0.15, -0.1) is 0 Å². The average Bonchev–Trinajstić information content (AvgIpc) is 2.97. The molecule has 2 fully saturated rings. The molecule has 5 nitrogen and oxygen atoms in total. The Morgan fingerprint density at radius 2 is 2.12 bits per heavy atom. The van der Waals surface area contributed by atoms with Crippen LogP contribution >= 0.6 is 11.6 Å². The number of ether oxygens (including phenoxy) is 1. The second kappa shape index (κ2) is 7.95. The van der Waals surface area contributed by atoms with E-state index in [0.717, 1.165) is 18.7 Å². The molecule has 3 rings (SSSR count). The lowest BCUT2D eigenvalue weighted by Gasteiger charge is -2.35. The number of morpholine rings is 1. The number of benzene rings is 1. The molecular formula is C17H22ClF2N3O2. The molecule has 2 heterocycles. The smallest absolute Gasteiger partial charge is 0.262 e. The van der Waals surface area contributed by atoms with E-state index in [1.807, 2.05) is 24.3 Å². The van der Waals surface area contributed by atoms with Crippen molar-refractivity contribution in [2.45, 2.75) is 24.4 Å². The van der Waals surface area contributed by atoms with Gasteiger partial charge in [-0.1, -0.05) is 29.8 Å². The number of carbonyl (C=O) groups is 1. The molecule has 2 unspecified atom stereocenters. The molecule has 2 saturated heterocycles. The van der Waals surface area contributed by atoms with Gasteiger partial charge in [-0.2, -0.15) is 0 Å². The van der Waals surface area contributed by atoms with Gasteiger partial charge in [0.05, 0.1) is 31.8 Å². The van der Waals surface area contributed by atoms with Crippen molar-refractivity contribution >= 4 is 17.5 Å². The van der Waals surface area contributed by atoms with Crippen LogP contribution in [0.4, 0.5) is 8.78 Å². The van der Waals surface area contributed by atoms with Crippen LogP contribution in [0, 0.1) is 0 Å². The third-order valence-electron chi connectivity index (χ3n) is 4.65. The Bertz CT molecular complexity index is 611. The molecular weight excluding hydrogens is 352 g/mol. The maximum Gasteiger partial charge on any atom is 0.262 e. The van der Waals surface area contributed by atoms with Crippen LogP contribution in [0.1, 0.15) is 18.0 Å². The summed E-state index contributed by atoms with van der Waals surface area (Å²) in [5.41, 5.74) is 0.913. The molecule has 0 spiro atoms. The van der Waals surface area contributed by atoms with Crippen molar-refractivity contribution in [2.75, 3.05) is 39.4 Å². The van der Waals surface area contributed by atoms with E-state index in [1.54, 1.807) is 0 Å². The molecule has 0 bridgehead atoms. The van der Waals surface area contributed by atoms with Crippen LogP contribution in [0.15, 0.2) is 24.3 Å². The second-order valence-electron chi connectivity index (χ2n) is 6.42. The van der Waals surface area contributed by atoms with E-state index in [0.29, 0.717) is 24.8 Å². The first-order chi connectivity index (χ1) is 12.0. The minimum absolute atomic E-state index is 0.122. The van der Waals surface area contributed by atoms with Crippen LogP contribution in [0.2, 0.25) is 5.02 Å². The van der Waals surface area contributed by atoms with Gasteiger partial charge in [-0.25, -0.2) is 8.78 Å². The Morgan fingerprint density at radius 1 is 1.40 bits per heavy atom. The fraction of sp³-hybridized carbons (Fsp3) is 0.588. The molecule has 2 atom stereocenters. The van der Waals surface area contributed by atoms with E-state index < -0.39 is 30.8 Å². The largest absolute Gasteiger partial charge is 0.379 e. The van der Waals surface area contributed by atoms with E-state index in [4.69, 9.17) is 16.3 Å². The maximum absolute atomic E-state index is 13.3. The third kappa shape index (κ3) is 4.67. The molecule has 0 radical (unpaired) electrons. The Labute approximate surface area is 150 Å². The number of carbonyl (C=O) groups excluding carboxylic acids is 1. The van der Waals surface area contributed by atoms with Crippen LogP contribution in [0.25, 0.3) is 0 Å². The van der Waals surface area contributed by atoms with Crippen molar-refractivity contribution < 1.29 is 18.3 Å². The van der Waals surface area contributed by atoms with Crippen molar-refractivity contribution in [1.82, 2.24) is 15.5 Å². The molecule has 0 aromatic heterocycles. The minimum Gasteiger partial charge on any atom is -0.379 e. The predicted octanol–water partition coefficient (Wildman–Crippen LogP) is 1.83. The van der Waals surface area contributed by atoms with E-state index in [2.05, 4.69) is 15.5 Å². The Kier molecular flexibility index (Phi) is 5.89. The van der Waals surface area contributed by atoms with Crippen molar-refractivity contribution in [3.05, 3.63) is 34.9 Å². The average molecular weight is 374 g/mol. The first-order valence-electron chi connectivity index (χ1n) is 8.41. The molecule has 138 valence electrons. The van der Waals surface area contributed by atoms with E-state index >= 15 is 0 Å². The number of hydrogen-bond acceptors (Lipinski definition) is 4. The molecule has 1 amide bonds. The summed E-state index contributed by atoms with van der Waals surface area (Å²) in [6, 6.07) is 6.51. The maximum atomic E-state index is 13.3. The highest BCUT2D eigenvalue weighted by molar-refractivity contribution is 6.31. The van der Waals surface area contributed by atoms with Gasteiger partial charge in [0, 0.05) is 31.1 Å². The molecule has 0 saturated carbocycles. The first kappa shape index (κ1) is 18.5. The van der Waals surface area contributed by atoms with Gasteiger partial charge in [0.1, 0.15) is 0 Å². The van der Waals surface area contributed by atoms with Gasteiger partial charge in [0.25, 0.3) is 5.92 Å². The monoisotopic (exact) mass is 373 g/mol. The van der Waals surface area contributed by atoms with Gasteiger partial charge < -0.3 is 10.1 Å². The molecule has 1 aromatic carbocycles. The zero-order valence-electron chi connectivity index (χ0n) is 13.8. The number of rotatable bonds is 5. The SMILES string of the molecule is O=C(NCC(c1ccccc1Cl)N1CCOCC1)C1CC(F)(F)CN1. The highest BCUT2D eigenvalue weighted by Crippen LogP contribution is 2.28. The fourth-order valence-corrected chi connectivity index (χ4v) is 3.55. The Morgan fingerprint density at radius 3 is 2.76 bits per heavy atom. The highest BCUT2D eigenvalue weighted by Gasteiger charge is 2.42. The van der Waals surface area contributed by atoms with E-state index in [-0.39, 0.29) is 6.04 Å². The van der Waals surface area contributed by atoms with Crippen LogP contribution in [0.3, 0.4) is 0 Å². The van der Waals surface area contributed by atoms with Crippen LogP contribution in [-0.2, 0) is 9.53 Å². The zero-order valence-corrected chi connectivity index (χ0v) is 14.6. The van der Waals surface area contributed by atoms with Gasteiger partial charge in [0.2, 0.25) is 5.91 Å². The Balaban J connectivity index is 1.68. The molecule has 25 heavy (non-hydrogen) atoms. The van der Waals surface area contributed by atoms with Crippen LogP contribution in [-0.4, -0.2) is 62.2 Å². The topological polar surface area (TPSA) is 53.6 Å². The van der Waals surface area contributed by atoms with Gasteiger partial charge in [-0.05, 0) is 11.6 Å². The number of hydrogen-bond donors (Lipinski definition) is 2. The lowest BCUT2D eigenvalue weighted by atomic mass is 10.0. The molecule has 2 aliphatic rings. The number of nitrogens with one attached hydrogen (secondary N) is 2. The zero-order chi connectivity index (χ0) is 17.9. The van der Waals surface area contributed by atoms with Crippen molar-refractivity contribution in [3.63, 3.8) is 0 Å². The first-order valence-corrected chi connectivity index (χ1v) is 8.79. The summed E-state index contributed by atoms with van der Waals surface area (Å²) in [4.78, 5) is 14.4. The number of nitrogens with zero attached hydrogens (tertiary/aromatic N) is 1. The minimum atomic E-state index is -2.83. The summed E-state index contributed by atoms with van der Waals surface area (Å²) >= 11 is 6.34. The highest BCUT2D eigenvalue weighted by atomic mass is 35.5. The third-order valence-corrected chi connectivity index (χ3v) is 4.99. The molecule has 2 N–H and O–H groups in total.